The third-order valence-corrected chi connectivity index (χ3v) is 4.45. The third kappa shape index (κ3) is 4.51. The van der Waals surface area contributed by atoms with Crippen LogP contribution >= 0.6 is 0 Å². The Kier molecular flexibility index (Phi) is 6.05. The van der Waals surface area contributed by atoms with E-state index in [0.717, 1.165) is 34.4 Å². The summed E-state index contributed by atoms with van der Waals surface area (Å²) in [5.41, 5.74) is 11.6. The Bertz CT molecular complexity index is 846. The molecule has 3 aromatic carbocycles. The van der Waals surface area contributed by atoms with Crippen LogP contribution in [0.15, 0.2) is 72.8 Å². The molecule has 0 saturated heterocycles. The summed E-state index contributed by atoms with van der Waals surface area (Å²) in [7, 11) is 0. The van der Waals surface area contributed by atoms with E-state index in [-0.39, 0.29) is 12.6 Å². The molecule has 3 nitrogen and oxygen atoms in total. The molecule has 0 amide bonds. The molecule has 0 bridgehead atoms. The smallest absolute Gasteiger partial charge is 0.119 e. The fourth-order valence-corrected chi connectivity index (χ4v) is 2.95. The predicted octanol–water partition coefficient (Wildman–Crippen LogP) is 4.49. The quantitative estimate of drug-likeness (QED) is 0.662. The molecule has 134 valence electrons. The number of nitrogens with two attached hydrogens (primary N) is 1. The van der Waals surface area contributed by atoms with Gasteiger partial charge in [-0.1, -0.05) is 55.5 Å². The van der Waals surface area contributed by atoms with Gasteiger partial charge in [0.25, 0.3) is 0 Å². The van der Waals surface area contributed by atoms with Crippen LogP contribution in [0.5, 0.6) is 5.75 Å². The maximum absolute atomic E-state index is 9.31. The SMILES string of the molecule is CCc1cc(COc2ccccc2)cc(-c2cccc(C(N)CO)c2)c1. The van der Waals surface area contributed by atoms with Gasteiger partial charge in [0.2, 0.25) is 0 Å². The number of hydrogen-bond donors (Lipinski definition) is 2. The number of ether oxygens (including phenoxy) is 1. The van der Waals surface area contributed by atoms with Gasteiger partial charge in [-0.3, -0.25) is 0 Å². The zero-order valence-electron chi connectivity index (χ0n) is 15.1. The summed E-state index contributed by atoms with van der Waals surface area (Å²) in [6, 6.07) is 24.1. The maximum atomic E-state index is 9.31. The van der Waals surface area contributed by atoms with Crippen molar-refractivity contribution in [3.63, 3.8) is 0 Å². The fraction of sp³-hybridized carbons (Fsp3) is 0.217. The van der Waals surface area contributed by atoms with Crippen LogP contribution in [0.3, 0.4) is 0 Å². The molecule has 0 fully saturated rings. The van der Waals surface area contributed by atoms with Crippen LogP contribution in [0.1, 0.15) is 29.7 Å². The van der Waals surface area contributed by atoms with Gasteiger partial charge in [0.15, 0.2) is 0 Å². The first kappa shape index (κ1) is 18.2. The van der Waals surface area contributed by atoms with E-state index in [0.29, 0.717) is 6.61 Å². The summed E-state index contributed by atoms with van der Waals surface area (Å²) in [4.78, 5) is 0. The zero-order chi connectivity index (χ0) is 18.4. The first-order valence-corrected chi connectivity index (χ1v) is 8.97. The Morgan fingerprint density at radius 1 is 0.885 bits per heavy atom. The largest absolute Gasteiger partial charge is 0.489 e. The molecule has 3 rings (SSSR count). The van der Waals surface area contributed by atoms with Crippen molar-refractivity contribution in [1.82, 2.24) is 0 Å². The molecule has 3 N–H and O–H groups in total. The Labute approximate surface area is 155 Å². The normalized spacial score (nSPS) is 12.0. The van der Waals surface area contributed by atoms with Crippen molar-refractivity contribution >= 4 is 0 Å². The average Bonchev–Trinajstić information content (AvgIpc) is 2.72. The number of rotatable bonds is 7. The van der Waals surface area contributed by atoms with Crippen LogP contribution in [-0.4, -0.2) is 11.7 Å². The molecule has 0 spiro atoms. The van der Waals surface area contributed by atoms with Gasteiger partial charge < -0.3 is 15.6 Å². The minimum atomic E-state index is -0.356. The Hall–Kier alpha value is -2.62. The topological polar surface area (TPSA) is 55.5 Å². The van der Waals surface area contributed by atoms with Crippen molar-refractivity contribution in [3.8, 4) is 16.9 Å². The molecular weight excluding hydrogens is 322 g/mol. The van der Waals surface area contributed by atoms with Gasteiger partial charge in [0.05, 0.1) is 12.6 Å². The summed E-state index contributed by atoms with van der Waals surface area (Å²) in [6.45, 7) is 2.62. The van der Waals surface area contributed by atoms with Crippen molar-refractivity contribution in [3.05, 3.63) is 89.5 Å². The minimum absolute atomic E-state index is 0.0609. The second-order valence-corrected chi connectivity index (χ2v) is 6.41. The zero-order valence-corrected chi connectivity index (χ0v) is 15.1. The van der Waals surface area contributed by atoms with Crippen LogP contribution in [0.25, 0.3) is 11.1 Å². The molecule has 1 unspecified atom stereocenters. The van der Waals surface area contributed by atoms with Gasteiger partial charge in [0, 0.05) is 0 Å². The van der Waals surface area contributed by atoms with Crippen molar-refractivity contribution in [2.24, 2.45) is 5.73 Å². The lowest BCUT2D eigenvalue weighted by Crippen LogP contribution is -2.14. The molecule has 3 aromatic rings. The van der Waals surface area contributed by atoms with E-state index < -0.39 is 0 Å². The first-order chi connectivity index (χ1) is 12.7. The number of para-hydroxylation sites is 1. The third-order valence-electron chi connectivity index (χ3n) is 4.45. The number of aliphatic hydroxyl groups is 1. The predicted molar refractivity (Wildman–Crippen MR) is 106 cm³/mol. The second kappa shape index (κ2) is 8.65. The summed E-state index contributed by atoms with van der Waals surface area (Å²) in [6.07, 6.45) is 0.960. The van der Waals surface area contributed by atoms with E-state index in [1.165, 1.54) is 5.56 Å². The van der Waals surface area contributed by atoms with Gasteiger partial charge in [-0.05, 0) is 58.5 Å². The Balaban J connectivity index is 1.88. The van der Waals surface area contributed by atoms with Crippen LogP contribution in [-0.2, 0) is 13.0 Å². The molecule has 0 aliphatic heterocycles. The van der Waals surface area contributed by atoms with Crippen LogP contribution in [0.4, 0.5) is 0 Å². The maximum Gasteiger partial charge on any atom is 0.119 e. The summed E-state index contributed by atoms with van der Waals surface area (Å²) < 4.78 is 5.91. The van der Waals surface area contributed by atoms with E-state index in [4.69, 9.17) is 10.5 Å². The monoisotopic (exact) mass is 347 g/mol. The molecule has 0 heterocycles. The number of aliphatic hydroxyl groups excluding tert-OH is 1. The molecule has 0 saturated carbocycles. The molecular formula is C23H25NO2. The van der Waals surface area contributed by atoms with Gasteiger partial charge in [-0.25, -0.2) is 0 Å². The molecule has 0 aromatic heterocycles. The fourth-order valence-electron chi connectivity index (χ4n) is 2.95. The molecule has 0 aliphatic carbocycles. The van der Waals surface area contributed by atoms with Crippen molar-refractivity contribution in [2.75, 3.05) is 6.61 Å². The molecule has 0 radical (unpaired) electrons. The summed E-state index contributed by atoms with van der Waals surface area (Å²) in [5.74, 6) is 0.867. The highest BCUT2D eigenvalue weighted by molar-refractivity contribution is 5.66. The van der Waals surface area contributed by atoms with E-state index >= 15 is 0 Å². The van der Waals surface area contributed by atoms with Crippen molar-refractivity contribution < 1.29 is 9.84 Å². The van der Waals surface area contributed by atoms with Crippen LogP contribution < -0.4 is 10.5 Å². The average molecular weight is 347 g/mol. The lowest BCUT2D eigenvalue weighted by molar-refractivity contribution is 0.268. The molecule has 1 atom stereocenters. The van der Waals surface area contributed by atoms with Gasteiger partial charge >= 0.3 is 0 Å². The summed E-state index contributed by atoms with van der Waals surface area (Å²) in [5, 5.41) is 9.31. The van der Waals surface area contributed by atoms with Crippen molar-refractivity contribution in [2.45, 2.75) is 26.0 Å². The lowest BCUT2D eigenvalue weighted by atomic mass is 9.96. The second-order valence-electron chi connectivity index (χ2n) is 6.41. The van der Waals surface area contributed by atoms with Gasteiger partial charge in [-0.2, -0.15) is 0 Å². The Morgan fingerprint density at radius 3 is 2.38 bits per heavy atom. The van der Waals surface area contributed by atoms with Crippen LogP contribution in [0, 0.1) is 0 Å². The molecule has 26 heavy (non-hydrogen) atoms. The molecule has 3 heteroatoms. The lowest BCUT2D eigenvalue weighted by Gasteiger charge is -2.13. The number of hydrogen-bond acceptors (Lipinski definition) is 3. The van der Waals surface area contributed by atoms with E-state index in [9.17, 15) is 5.11 Å². The number of benzene rings is 3. The van der Waals surface area contributed by atoms with E-state index in [2.05, 4.69) is 37.3 Å². The van der Waals surface area contributed by atoms with Gasteiger partial charge in [0.1, 0.15) is 12.4 Å². The van der Waals surface area contributed by atoms with Crippen LogP contribution in [0.2, 0.25) is 0 Å². The summed E-state index contributed by atoms with van der Waals surface area (Å²) >= 11 is 0. The highest BCUT2D eigenvalue weighted by atomic mass is 16.5. The highest BCUT2D eigenvalue weighted by Gasteiger charge is 2.08. The highest BCUT2D eigenvalue weighted by Crippen LogP contribution is 2.26. The van der Waals surface area contributed by atoms with E-state index in [1.807, 2.05) is 42.5 Å². The number of aryl methyl sites for hydroxylation is 1. The van der Waals surface area contributed by atoms with E-state index in [1.54, 1.807) is 0 Å². The molecule has 0 aliphatic rings. The van der Waals surface area contributed by atoms with Gasteiger partial charge in [-0.15, -0.1) is 0 Å². The minimum Gasteiger partial charge on any atom is -0.489 e. The standard InChI is InChI=1S/C23H25NO2/c1-2-17-11-18(16-26-22-9-4-3-5-10-22)13-21(12-17)19-7-6-8-20(14-19)23(24)15-25/h3-14,23,25H,2,15-16,24H2,1H3. The first-order valence-electron chi connectivity index (χ1n) is 8.97. The Morgan fingerprint density at radius 2 is 1.65 bits per heavy atom. The van der Waals surface area contributed by atoms with Crippen molar-refractivity contribution in [1.29, 1.82) is 0 Å².